The predicted octanol–water partition coefficient (Wildman–Crippen LogP) is 4.66. The van der Waals surface area contributed by atoms with Crippen molar-refractivity contribution in [3.05, 3.63) is 95.2 Å². The lowest BCUT2D eigenvalue weighted by atomic mass is 10.0. The molecule has 0 saturated carbocycles. The largest absolute Gasteiger partial charge is 0.494 e. The molecule has 2 amide bonds. The van der Waals surface area contributed by atoms with Crippen LogP contribution in [0, 0.1) is 18.3 Å². The van der Waals surface area contributed by atoms with Crippen molar-refractivity contribution in [2.45, 2.75) is 13.8 Å². The first kappa shape index (κ1) is 20.9. The fourth-order valence-corrected chi connectivity index (χ4v) is 3.50. The second kappa shape index (κ2) is 8.78. The maximum atomic E-state index is 13.4. The summed E-state index contributed by atoms with van der Waals surface area (Å²) < 4.78 is 5.47. The van der Waals surface area contributed by atoms with Crippen molar-refractivity contribution < 1.29 is 14.3 Å². The van der Waals surface area contributed by atoms with Gasteiger partial charge in [-0.3, -0.25) is 9.59 Å². The first-order chi connectivity index (χ1) is 15.5. The molecule has 1 aliphatic heterocycles. The van der Waals surface area contributed by atoms with Crippen molar-refractivity contribution in [2.24, 2.45) is 0 Å². The fraction of sp³-hybridized carbons (Fsp3) is 0.115. The highest BCUT2D eigenvalue weighted by atomic mass is 16.5. The van der Waals surface area contributed by atoms with Gasteiger partial charge in [0.2, 0.25) is 0 Å². The van der Waals surface area contributed by atoms with E-state index < -0.39 is 11.8 Å². The van der Waals surface area contributed by atoms with Crippen LogP contribution in [0.1, 0.15) is 23.6 Å². The molecule has 1 N–H and O–H groups in total. The van der Waals surface area contributed by atoms with E-state index in [0.29, 0.717) is 34.7 Å². The van der Waals surface area contributed by atoms with Crippen LogP contribution < -0.4 is 15.0 Å². The number of aryl methyl sites for hydroxylation is 1. The molecule has 0 atom stereocenters. The minimum absolute atomic E-state index is 0.201. The Morgan fingerprint density at radius 1 is 0.906 bits per heavy atom. The average Bonchev–Trinajstić information content (AvgIpc) is 3.05. The summed E-state index contributed by atoms with van der Waals surface area (Å²) in [6.07, 6.45) is 0. The number of rotatable bonds is 6. The van der Waals surface area contributed by atoms with Crippen molar-refractivity contribution >= 4 is 28.8 Å². The number of nitrogens with one attached hydrogen (secondary N) is 1. The topological polar surface area (TPSA) is 82.4 Å². The number of imide groups is 1. The SMILES string of the molecule is CCOc1ccc(NC2=C(c3ccc(C)cc3)C(=O)N(c3ccc(C#N)cc3)C2=O)cc1. The van der Waals surface area contributed by atoms with Gasteiger partial charge < -0.3 is 10.1 Å². The van der Waals surface area contributed by atoms with Crippen molar-refractivity contribution in [1.82, 2.24) is 0 Å². The zero-order chi connectivity index (χ0) is 22.7. The number of hydrogen-bond donors (Lipinski definition) is 1. The van der Waals surface area contributed by atoms with Gasteiger partial charge in [0.05, 0.1) is 29.5 Å². The summed E-state index contributed by atoms with van der Waals surface area (Å²) >= 11 is 0. The monoisotopic (exact) mass is 423 g/mol. The molecule has 6 nitrogen and oxygen atoms in total. The number of hydrogen-bond acceptors (Lipinski definition) is 5. The molecule has 0 bridgehead atoms. The molecule has 1 aliphatic rings. The molecule has 0 spiro atoms. The third-order valence-corrected chi connectivity index (χ3v) is 5.11. The van der Waals surface area contributed by atoms with Crippen LogP contribution in [0.2, 0.25) is 0 Å². The van der Waals surface area contributed by atoms with Gasteiger partial charge in [-0.25, -0.2) is 4.90 Å². The number of nitrogens with zero attached hydrogens (tertiary/aromatic N) is 2. The van der Waals surface area contributed by atoms with Gasteiger partial charge in [0, 0.05) is 5.69 Å². The van der Waals surface area contributed by atoms with Crippen LogP contribution in [-0.2, 0) is 9.59 Å². The standard InChI is InChI=1S/C26H21N3O3/c1-3-32-22-14-10-20(11-15-22)28-24-23(19-8-4-17(2)5-9-19)25(30)29(26(24)31)21-12-6-18(16-27)7-13-21/h4-15,28H,3H2,1-2H3. The van der Waals surface area contributed by atoms with E-state index in [1.54, 1.807) is 48.5 Å². The minimum atomic E-state index is -0.454. The van der Waals surface area contributed by atoms with Gasteiger partial charge >= 0.3 is 0 Å². The molecule has 158 valence electrons. The third kappa shape index (κ3) is 3.96. The normalized spacial score (nSPS) is 13.3. The first-order valence-corrected chi connectivity index (χ1v) is 10.2. The Balaban J connectivity index is 1.75. The van der Waals surface area contributed by atoms with Gasteiger partial charge in [0.25, 0.3) is 11.8 Å². The molecular formula is C26H21N3O3. The molecule has 0 radical (unpaired) electrons. The van der Waals surface area contributed by atoms with E-state index in [1.807, 2.05) is 44.2 Å². The molecule has 32 heavy (non-hydrogen) atoms. The molecule has 3 aromatic rings. The second-order valence-corrected chi connectivity index (χ2v) is 7.30. The average molecular weight is 423 g/mol. The van der Waals surface area contributed by atoms with Gasteiger partial charge in [-0.15, -0.1) is 0 Å². The van der Waals surface area contributed by atoms with Gasteiger partial charge in [-0.2, -0.15) is 5.26 Å². The molecule has 0 saturated heterocycles. The second-order valence-electron chi connectivity index (χ2n) is 7.30. The van der Waals surface area contributed by atoms with E-state index in [2.05, 4.69) is 5.32 Å². The van der Waals surface area contributed by atoms with Crippen molar-refractivity contribution in [2.75, 3.05) is 16.8 Å². The smallest absolute Gasteiger partial charge is 0.282 e. The number of carbonyl (C=O) groups excluding carboxylic acids is 2. The Bertz CT molecular complexity index is 1240. The van der Waals surface area contributed by atoms with Gasteiger partial charge in [0.1, 0.15) is 11.4 Å². The number of ether oxygens (including phenoxy) is 1. The van der Waals surface area contributed by atoms with E-state index in [0.717, 1.165) is 16.2 Å². The molecule has 4 rings (SSSR count). The number of amides is 2. The quantitative estimate of drug-likeness (QED) is 0.583. The molecule has 3 aromatic carbocycles. The molecule has 0 aromatic heterocycles. The molecule has 0 fully saturated rings. The van der Waals surface area contributed by atoms with E-state index in [9.17, 15) is 9.59 Å². The Labute approximate surface area is 186 Å². The van der Waals surface area contributed by atoms with Crippen LogP contribution in [-0.4, -0.2) is 18.4 Å². The highest BCUT2D eigenvalue weighted by molar-refractivity contribution is 6.46. The maximum absolute atomic E-state index is 13.4. The molecule has 6 heteroatoms. The van der Waals surface area contributed by atoms with Gasteiger partial charge in [-0.1, -0.05) is 29.8 Å². The predicted molar refractivity (Wildman–Crippen MR) is 123 cm³/mol. The van der Waals surface area contributed by atoms with Gasteiger partial charge in [0.15, 0.2) is 0 Å². The summed E-state index contributed by atoms with van der Waals surface area (Å²) in [7, 11) is 0. The summed E-state index contributed by atoms with van der Waals surface area (Å²) in [6, 6.07) is 23.1. The summed E-state index contributed by atoms with van der Waals surface area (Å²) in [6.45, 7) is 4.43. The van der Waals surface area contributed by atoms with Crippen LogP contribution in [0.25, 0.3) is 5.57 Å². The van der Waals surface area contributed by atoms with Crippen LogP contribution in [0.5, 0.6) is 5.75 Å². The molecule has 0 aliphatic carbocycles. The van der Waals surface area contributed by atoms with Crippen molar-refractivity contribution in [3.8, 4) is 11.8 Å². The van der Waals surface area contributed by atoms with Gasteiger partial charge in [-0.05, 0) is 67.9 Å². The van der Waals surface area contributed by atoms with E-state index in [1.165, 1.54) is 0 Å². The summed E-state index contributed by atoms with van der Waals surface area (Å²) in [4.78, 5) is 27.9. The molecule has 0 unspecified atom stereocenters. The lowest BCUT2D eigenvalue weighted by Crippen LogP contribution is -2.32. The lowest BCUT2D eigenvalue weighted by molar-refractivity contribution is -0.120. The Morgan fingerprint density at radius 3 is 2.16 bits per heavy atom. The Hall–Kier alpha value is -4.37. The first-order valence-electron chi connectivity index (χ1n) is 10.2. The number of anilines is 2. The Morgan fingerprint density at radius 2 is 1.56 bits per heavy atom. The number of nitriles is 1. The van der Waals surface area contributed by atoms with Crippen LogP contribution >= 0.6 is 0 Å². The summed E-state index contributed by atoms with van der Waals surface area (Å²) in [5.74, 6) is -0.153. The van der Waals surface area contributed by atoms with Crippen LogP contribution in [0.4, 0.5) is 11.4 Å². The fourth-order valence-electron chi connectivity index (χ4n) is 3.50. The van der Waals surface area contributed by atoms with Crippen LogP contribution in [0.15, 0.2) is 78.5 Å². The Kier molecular flexibility index (Phi) is 5.73. The van der Waals surface area contributed by atoms with Crippen molar-refractivity contribution in [1.29, 1.82) is 5.26 Å². The van der Waals surface area contributed by atoms with E-state index in [4.69, 9.17) is 10.00 Å². The van der Waals surface area contributed by atoms with E-state index >= 15 is 0 Å². The van der Waals surface area contributed by atoms with Crippen LogP contribution in [0.3, 0.4) is 0 Å². The highest BCUT2D eigenvalue weighted by Crippen LogP contribution is 2.34. The lowest BCUT2D eigenvalue weighted by Gasteiger charge is -2.15. The zero-order valence-electron chi connectivity index (χ0n) is 17.8. The third-order valence-electron chi connectivity index (χ3n) is 5.11. The van der Waals surface area contributed by atoms with Crippen molar-refractivity contribution in [3.63, 3.8) is 0 Å². The number of benzene rings is 3. The molecular weight excluding hydrogens is 402 g/mol. The zero-order valence-corrected chi connectivity index (χ0v) is 17.8. The number of carbonyl (C=O) groups is 2. The maximum Gasteiger partial charge on any atom is 0.282 e. The highest BCUT2D eigenvalue weighted by Gasteiger charge is 2.40. The van der Waals surface area contributed by atoms with E-state index in [-0.39, 0.29) is 5.70 Å². The molecule has 1 heterocycles. The summed E-state index contributed by atoms with van der Waals surface area (Å²) in [5, 5.41) is 12.2. The minimum Gasteiger partial charge on any atom is -0.494 e. The summed E-state index contributed by atoms with van der Waals surface area (Å²) in [5.41, 5.74) is 3.73.